The lowest BCUT2D eigenvalue weighted by Crippen LogP contribution is -2.48. The molecule has 2 aliphatic rings. The van der Waals surface area contributed by atoms with E-state index in [1.54, 1.807) is 25.3 Å². The Labute approximate surface area is 194 Å². The number of carbonyl (C=O) groups is 1. The maximum atomic E-state index is 12.9. The van der Waals surface area contributed by atoms with E-state index in [-0.39, 0.29) is 17.3 Å². The Morgan fingerprint density at radius 2 is 1.73 bits per heavy atom. The molecule has 1 amide bonds. The van der Waals surface area contributed by atoms with Crippen molar-refractivity contribution in [2.45, 2.75) is 4.90 Å². The number of sulfonamides is 1. The summed E-state index contributed by atoms with van der Waals surface area (Å²) >= 11 is 0. The molecule has 2 saturated heterocycles. The van der Waals surface area contributed by atoms with Crippen LogP contribution < -0.4 is 15.0 Å². The van der Waals surface area contributed by atoms with Crippen molar-refractivity contribution >= 4 is 27.3 Å². The number of para-hydroxylation sites is 2. The molecular weight excluding hydrogens is 444 g/mol. The molecule has 33 heavy (non-hydrogen) atoms. The van der Waals surface area contributed by atoms with Crippen molar-refractivity contribution in [2.24, 2.45) is 0 Å². The van der Waals surface area contributed by atoms with Gasteiger partial charge in [0.15, 0.2) is 0 Å². The van der Waals surface area contributed by atoms with Gasteiger partial charge in [-0.1, -0.05) is 18.2 Å². The van der Waals surface area contributed by atoms with Crippen LogP contribution in [0.2, 0.25) is 0 Å². The molecule has 1 N–H and O–H groups in total. The fourth-order valence-corrected chi connectivity index (χ4v) is 5.57. The van der Waals surface area contributed by atoms with Crippen LogP contribution in [0.25, 0.3) is 0 Å². The molecule has 0 radical (unpaired) electrons. The van der Waals surface area contributed by atoms with Gasteiger partial charge in [-0.25, -0.2) is 8.42 Å². The van der Waals surface area contributed by atoms with Gasteiger partial charge in [0.2, 0.25) is 15.9 Å². The van der Waals surface area contributed by atoms with Crippen LogP contribution >= 0.6 is 0 Å². The molecule has 178 valence electrons. The van der Waals surface area contributed by atoms with Gasteiger partial charge in [0.25, 0.3) is 0 Å². The van der Waals surface area contributed by atoms with Crippen LogP contribution in [0.4, 0.5) is 11.4 Å². The van der Waals surface area contributed by atoms with E-state index in [2.05, 4.69) is 15.1 Å². The lowest BCUT2D eigenvalue weighted by atomic mass is 10.2. The highest BCUT2D eigenvalue weighted by atomic mass is 32.2. The number of anilines is 2. The molecule has 4 rings (SSSR count). The Bertz CT molecular complexity index is 1060. The second-order valence-corrected chi connectivity index (χ2v) is 9.97. The number of methoxy groups -OCH3 is 1. The summed E-state index contributed by atoms with van der Waals surface area (Å²) in [6.07, 6.45) is 0. The highest BCUT2D eigenvalue weighted by molar-refractivity contribution is 7.89. The quantitative estimate of drug-likeness (QED) is 0.650. The molecule has 9 nitrogen and oxygen atoms in total. The van der Waals surface area contributed by atoms with E-state index < -0.39 is 10.0 Å². The van der Waals surface area contributed by atoms with Gasteiger partial charge in [0.05, 0.1) is 37.5 Å². The van der Waals surface area contributed by atoms with Gasteiger partial charge in [-0.2, -0.15) is 4.31 Å². The molecule has 0 aliphatic carbocycles. The van der Waals surface area contributed by atoms with E-state index in [1.807, 2.05) is 24.3 Å². The molecule has 0 unspecified atom stereocenters. The van der Waals surface area contributed by atoms with Crippen molar-refractivity contribution in [2.75, 3.05) is 76.4 Å². The standard InChI is InChI=1S/C23H30N4O5S/c1-31-22-8-3-2-7-21(22)26-11-9-25(10-12-26)18-23(28)24-19-5-4-6-20(17-19)33(29,30)27-13-15-32-16-14-27/h2-8,17H,9-16,18H2,1H3,(H,24,28). The van der Waals surface area contributed by atoms with E-state index >= 15 is 0 Å². The summed E-state index contributed by atoms with van der Waals surface area (Å²) in [7, 11) is -1.94. The maximum absolute atomic E-state index is 12.9. The molecule has 2 aromatic rings. The van der Waals surface area contributed by atoms with E-state index in [9.17, 15) is 13.2 Å². The molecule has 10 heteroatoms. The Morgan fingerprint density at radius 1 is 1.00 bits per heavy atom. The zero-order valence-corrected chi connectivity index (χ0v) is 19.6. The van der Waals surface area contributed by atoms with Crippen LogP contribution in [0.5, 0.6) is 5.75 Å². The zero-order valence-electron chi connectivity index (χ0n) is 18.8. The minimum Gasteiger partial charge on any atom is -0.495 e. The van der Waals surface area contributed by atoms with Crippen molar-refractivity contribution in [3.63, 3.8) is 0 Å². The van der Waals surface area contributed by atoms with Gasteiger partial charge in [0, 0.05) is 45.0 Å². The molecule has 0 aromatic heterocycles. The van der Waals surface area contributed by atoms with E-state index in [0.29, 0.717) is 32.0 Å². The number of hydrogen-bond acceptors (Lipinski definition) is 7. The number of piperazine rings is 1. The third-order valence-corrected chi connectivity index (χ3v) is 7.79. The highest BCUT2D eigenvalue weighted by Gasteiger charge is 2.27. The first-order valence-corrected chi connectivity index (χ1v) is 12.5. The van der Waals surface area contributed by atoms with Crippen LogP contribution in [0, 0.1) is 0 Å². The van der Waals surface area contributed by atoms with Crippen molar-refractivity contribution in [3.8, 4) is 5.75 Å². The number of nitrogens with one attached hydrogen (secondary N) is 1. The lowest BCUT2D eigenvalue weighted by Gasteiger charge is -2.36. The molecular formula is C23H30N4O5S. The number of amides is 1. The van der Waals surface area contributed by atoms with Gasteiger partial charge in [-0.05, 0) is 30.3 Å². The van der Waals surface area contributed by atoms with Gasteiger partial charge >= 0.3 is 0 Å². The molecule has 0 atom stereocenters. The largest absolute Gasteiger partial charge is 0.495 e. The van der Waals surface area contributed by atoms with Gasteiger partial charge < -0.3 is 19.7 Å². The summed E-state index contributed by atoms with van der Waals surface area (Å²) in [6, 6.07) is 14.3. The average Bonchev–Trinajstić information content (AvgIpc) is 2.85. The second kappa shape index (κ2) is 10.5. The summed E-state index contributed by atoms with van der Waals surface area (Å²) in [6.45, 7) is 4.77. The molecule has 0 spiro atoms. The summed E-state index contributed by atoms with van der Waals surface area (Å²) in [5.41, 5.74) is 1.53. The topological polar surface area (TPSA) is 91.4 Å². The predicted molar refractivity (Wildman–Crippen MR) is 126 cm³/mol. The number of hydrogen-bond donors (Lipinski definition) is 1. The van der Waals surface area contributed by atoms with Crippen LogP contribution in [0.15, 0.2) is 53.4 Å². The van der Waals surface area contributed by atoms with Crippen LogP contribution in [-0.2, 0) is 19.6 Å². The van der Waals surface area contributed by atoms with E-state index in [1.165, 1.54) is 10.4 Å². The minimum absolute atomic E-state index is 0.165. The second-order valence-electron chi connectivity index (χ2n) is 8.03. The predicted octanol–water partition coefficient (Wildman–Crippen LogP) is 1.48. The summed E-state index contributed by atoms with van der Waals surface area (Å²) < 4.78 is 37.9. The first-order valence-electron chi connectivity index (χ1n) is 11.1. The minimum atomic E-state index is -3.61. The average molecular weight is 475 g/mol. The number of carbonyl (C=O) groups excluding carboxylic acids is 1. The van der Waals surface area contributed by atoms with E-state index in [4.69, 9.17) is 9.47 Å². The number of rotatable bonds is 7. The molecule has 2 heterocycles. The Balaban J connectivity index is 1.32. The van der Waals surface area contributed by atoms with Crippen molar-refractivity contribution in [1.29, 1.82) is 0 Å². The van der Waals surface area contributed by atoms with Crippen LogP contribution in [0.1, 0.15) is 0 Å². The first kappa shape index (κ1) is 23.5. The van der Waals surface area contributed by atoms with Crippen molar-refractivity contribution in [3.05, 3.63) is 48.5 Å². The fourth-order valence-electron chi connectivity index (χ4n) is 4.11. The smallest absolute Gasteiger partial charge is 0.243 e. The number of nitrogens with zero attached hydrogens (tertiary/aromatic N) is 3. The van der Waals surface area contributed by atoms with Gasteiger partial charge in [-0.15, -0.1) is 0 Å². The van der Waals surface area contributed by atoms with Crippen LogP contribution in [-0.4, -0.2) is 89.7 Å². The summed E-state index contributed by atoms with van der Waals surface area (Å²) in [5.74, 6) is 0.678. The summed E-state index contributed by atoms with van der Waals surface area (Å²) in [5, 5.41) is 2.84. The van der Waals surface area contributed by atoms with E-state index in [0.717, 1.165) is 37.6 Å². The molecule has 0 bridgehead atoms. The number of morpholine rings is 1. The van der Waals surface area contributed by atoms with Crippen molar-refractivity contribution in [1.82, 2.24) is 9.21 Å². The number of ether oxygens (including phenoxy) is 2. The molecule has 2 fully saturated rings. The Morgan fingerprint density at radius 3 is 2.45 bits per heavy atom. The number of benzene rings is 2. The summed E-state index contributed by atoms with van der Waals surface area (Å²) in [4.78, 5) is 17.2. The third-order valence-electron chi connectivity index (χ3n) is 5.89. The normalized spacial score (nSPS) is 18.2. The zero-order chi connectivity index (χ0) is 23.3. The Kier molecular flexibility index (Phi) is 7.49. The van der Waals surface area contributed by atoms with Gasteiger partial charge in [-0.3, -0.25) is 9.69 Å². The highest BCUT2D eigenvalue weighted by Crippen LogP contribution is 2.28. The third kappa shape index (κ3) is 5.64. The monoisotopic (exact) mass is 474 g/mol. The van der Waals surface area contributed by atoms with Crippen molar-refractivity contribution < 1.29 is 22.7 Å². The molecule has 2 aliphatic heterocycles. The fraction of sp³-hybridized carbons (Fsp3) is 0.435. The SMILES string of the molecule is COc1ccccc1N1CCN(CC(=O)Nc2cccc(S(=O)(=O)N3CCOCC3)c2)CC1. The maximum Gasteiger partial charge on any atom is 0.243 e. The molecule has 0 saturated carbocycles. The van der Waals surface area contributed by atoms with Crippen LogP contribution in [0.3, 0.4) is 0 Å². The first-order chi connectivity index (χ1) is 16.0. The molecule has 2 aromatic carbocycles. The van der Waals surface area contributed by atoms with Gasteiger partial charge in [0.1, 0.15) is 5.75 Å². The lowest BCUT2D eigenvalue weighted by molar-refractivity contribution is -0.117. The Hall–Kier alpha value is -2.66.